The van der Waals surface area contributed by atoms with Crippen LogP contribution in [-0.4, -0.2) is 84.5 Å². The number of amides is 3. The highest BCUT2D eigenvalue weighted by molar-refractivity contribution is 6.42. The van der Waals surface area contributed by atoms with Crippen LogP contribution in [-0.2, 0) is 11.3 Å². The number of fused-ring (bicyclic) bond motifs is 1. The molecule has 3 amide bonds. The van der Waals surface area contributed by atoms with Crippen LogP contribution in [0, 0.1) is 5.92 Å². The van der Waals surface area contributed by atoms with Crippen molar-refractivity contribution in [2.75, 3.05) is 38.7 Å². The number of urea groups is 1. The maximum Gasteiger partial charge on any atom is 0.319 e. The molecule has 0 radical (unpaired) electrons. The zero-order chi connectivity index (χ0) is 32.4. The van der Waals surface area contributed by atoms with E-state index in [9.17, 15) is 14.7 Å². The number of carbonyl (C=O) groups is 2. The zero-order valence-electron chi connectivity index (χ0n) is 26.7. The molecule has 1 aliphatic rings. The minimum absolute atomic E-state index is 0.0429. The van der Waals surface area contributed by atoms with E-state index in [-0.39, 0.29) is 42.7 Å². The number of hydrogen-bond donors (Lipinski definition) is 3. The predicted octanol–water partition coefficient (Wildman–Crippen LogP) is 6.45. The number of hydrogen-bond acceptors (Lipinski definition) is 6. The monoisotopic (exact) mass is 650 g/mol. The number of carbonyl (C=O) groups excluding carboxylic acids is 2. The molecule has 1 heterocycles. The van der Waals surface area contributed by atoms with Gasteiger partial charge in [-0.2, -0.15) is 0 Å². The molecule has 4 atom stereocenters. The Morgan fingerprint density at radius 3 is 2.55 bits per heavy atom. The molecule has 0 saturated heterocycles. The van der Waals surface area contributed by atoms with Crippen molar-refractivity contribution in [1.82, 2.24) is 15.1 Å². The number of likely N-dealkylation sites (N-methyl/N-ethyl adjacent to an activating group) is 1. The van der Waals surface area contributed by atoms with Crippen molar-refractivity contribution in [1.29, 1.82) is 0 Å². The van der Waals surface area contributed by atoms with E-state index in [1.807, 2.05) is 46.9 Å². The van der Waals surface area contributed by atoms with Crippen LogP contribution in [0.15, 0.2) is 36.4 Å². The van der Waals surface area contributed by atoms with Gasteiger partial charge in [0.15, 0.2) is 0 Å². The quantitative estimate of drug-likeness (QED) is 0.303. The summed E-state index contributed by atoms with van der Waals surface area (Å²) in [4.78, 5) is 30.5. The fourth-order valence-electron chi connectivity index (χ4n) is 5.21. The summed E-state index contributed by atoms with van der Waals surface area (Å²) in [6, 6.07) is 9.89. The van der Waals surface area contributed by atoms with E-state index in [4.69, 9.17) is 32.7 Å². The van der Waals surface area contributed by atoms with E-state index in [0.717, 1.165) is 24.8 Å². The molecular weight excluding hydrogens is 603 g/mol. The smallest absolute Gasteiger partial charge is 0.319 e. The van der Waals surface area contributed by atoms with Crippen LogP contribution in [0.5, 0.6) is 5.75 Å². The third-order valence-corrected chi connectivity index (χ3v) is 8.40. The number of benzene rings is 2. The van der Waals surface area contributed by atoms with Gasteiger partial charge in [0.05, 0.1) is 40.5 Å². The number of anilines is 1. The van der Waals surface area contributed by atoms with E-state index in [2.05, 4.69) is 22.5 Å². The summed E-state index contributed by atoms with van der Waals surface area (Å²) in [5.41, 5.74) is 1.85. The molecule has 0 bridgehead atoms. The first kappa shape index (κ1) is 35.9. The Hall–Kier alpha value is -2.56. The van der Waals surface area contributed by atoms with Crippen molar-refractivity contribution in [3.05, 3.63) is 57.6 Å². The van der Waals surface area contributed by atoms with Gasteiger partial charge in [0.2, 0.25) is 0 Å². The normalized spacial score (nSPS) is 20.9. The maximum atomic E-state index is 14.2. The van der Waals surface area contributed by atoms with Crippen LogP contribution in [0.1, 0.15) is 69.8 Å². The number of aliphatic hydroxyl groups is 1. The summed E-state index contributed by atoms with van der Waals surface area (Å²) in [5, 5.41) is 16.8. The molecule has 0 unspecified atom stereocenters. The summed E-state index contributed by atoms with van der Waals surface area (Å²) < 4.78 is 12.7. The second-order valence-electron chi connectivity index (χ2n) is 12.2. The number of aliphatic hydroxyl groups excluding tert-OH is 1. The first-order valence-corrected chi connectivity index (χ1v) is 16.2. The van der Waals surface area contributed by atoms with Crippen LogP contribution >= 0.6 is 23.2 Å². The fourth-order valence-corrected chi connectivity index (χ4v) is 5.53. The van der Waals surface area contributed by atoms with Gasteiger partial charge in [-0.25, -0.2) is 4.79 Å². The number of nitrogens with one attached hydrogen (secondary N) is 2. The zero-order valence-corrected chi connectivity index (χ0v) is 28.3. The highest BCUT2D eigenvalue weighted by Gasteiger charge is 2.30. The Morgan fingerprint density at radius 2 is 1.86 bits per heavy atom. The number of rotatable bonds is 8. The molecule has 0 aromatic heterocycles. The largest absolute Gasteiger partial charge is 0.490 e. The molecule has 2 aromatic rings. The SMILES string of the molecule is CC(C)NC(=O)Nc1ccc2c(c1)C(=O)N([C@H](C)CO)C[C@@H](C)[C@H](CN(C)Cc1ccc(Cl)c(Cl)c1)OCCCC[C@@H](C)O2. The Kier molecular flexibility index (Phi) is 14.1. The lowest BCUT2D eigenvalue weighted by Gasteiger charge is -2.36. The summed E-state index contributed by atoms with van der Waals surface area (Å²) in [5.74, 6) is 0.105. The van der Waals surface area contributed by atoms with Crippen molar-refractivity contribution < 1.29 is 24.2 Å². The van der Waals surface area contributed by atoms with Crippen molar-refractivity contribution in [3.8, 4) is 5.75 Å². The van der Waals surface area contributed by atoms with E-state index >= 15 is 0 Å². The van der Waals surface area contributed by atoms with E-state index in [1.54, 1.807) is 29.2 Å². The molecule has 0 fully saturated rings. The van der Waals surface area contributed by atoms with Crippen LogP contribution in [0.25, 0.3) is 0 Å². The number of nitrogens with zero attached hydrogens (tertiary/aromatic N) is 2. The molecule has 244 valence electrons. The molecule has 9 nitrogen and oxygen atoms in total. The van der Waals surface area contributed by atoms with Gasteiger partial charge in [-0.05, 0) is 89.9 Å². The molecule has 0 saturated carbocycles. The van der Waals surface area contributed by atoms with Gasteiger partial charge in [0.1, 0.15) is 5.75 Å². The van der Waals surface area contributed by atoms with Gasteiger partial charge in [-0.15, -0.1) is 0 Å². The Morgan fingerprint density at radius 1 is 1.11 bits per heavy atom. The van der Waals surface area contributed by atoms with Crippen LogP contribution in [0.3, 0.4) is 0 Å². The molecule has 3 N–H and O–H groups in total. The highest BCUT2D eigenvalue weighted by atomic mass is 35.5. The molecule has 1 aliphatic heterocycles. The molecule has 2 aromatic carbocycles. The van der Waals surface area contributed by atoms with Crippen molar-refractivity contribution >= 4 is 40.8 Å². The Labute approximate surface area is 272 Å². The van der Waals surface area contributed by atoms with E-state index in [1.165, 1.54) is 0 Å². The predicted molar refractivity (Wildman–Crippen MR) is 177 cm³/mol. The summed E-state index contributed by atoms with van der Waals surface area (Å²) >= 11 is 12.4. The van der Waals surface area contributed by atoms with Crippen molar-refractivity contribution in [2.45, 2.75) is 84.7 Å². The first-order chi connectivity index (χ1) is 20.9. The van der Waals surface area contributed by atoms with E-state index in [0.29, 0.717) is 53.3 Å². The van der Waals surface area contributed by atoms with Gasteiger partial charge in [0, 0.05) is 43.9 Å². The fraction of sp³-hybridized carbons (Fsp3) is 0.576. The average Bonchev–Trinajstić information content (AvgIpc) is 2.96. The molecule has 44 heavy (non-hydrogen) atoms. The molecule has 11 heteroatoms. The second-order valence-corrected chi connectivity index (χ2v) is 13.0. The number of halogens is 2. The first-order valence-electron chi connectivity index (χ1n) is 15.4. The van der Waals surface area contributed by atoms with E-state index < -0.39 is 6.04 Å². The summed E-state index contributed by atoms with van der Waals surface area (Å²) in [6.45, 7) is 11.7. The molecular formula is C33H48Cl2N4O5. The minimum atomic E-state index is -0.460. The molecule has 0 aliphatic carbocycles. The van der Waals surface area contributed by atoms with Crippen molar-refractivity contribution in [2.24, 2.45) is 5.92 Å². The lowest BCUT2D eigenvalue weighted by atomic mass is 10.0. The molecule has 0 spiro atoms. The maximum absolute atomic E-state index is 14.2. The minimum Gasteiger partial charge on any atom is -0.490 e. The van der Waals surface area contributed by atoms with Gasteiger partial charge >= 0.3 is 6.03 Å². The summed E-state index contributed by atoms with van der Waals surface area (Å²) in [7, 11) is 2.03. The standard InChI is InChI=1S/C33H48Cl2N4O5/c1-21(2)36-33(42)37-26-11-13-30-27(16-26)32(41)39(23(4)20-40)17-22(3)31(43-14-8-7-9-24(5)44-30)19-38(6)18-25-10-12-28(34)29(35)15-25/h10-13,15-16,21-24,31,40H,7-9,14,17-20H2,1-6H3,(H2,36,37,42)/t22-,23-,24-,31+/m1/s1. The highest BCUT2D eigenvalue weighted by Crippen LogP contribution is 2.29. The van der Waals surface area contributed by atoms with Gasteiger partial charge in [-0.1, -0.05) is 36.2 Å². The van der Waals surface area contributed by atoms with Crippen LogP contribution < -0.4 is 15.4 Å². The van der Waals surface area contributed by atoms with Crippen LogP contribution in [0.2, 0.25) is 10.0 Å². The Balaban J connectivity index is 1.90. The number of ether oxygens (including phenoxy) is 2. The Bertz CT molecular complexity index is 1250. The van der Waals surface area contributed by atoms with Gasteiger partial charge in [0.25, 0.3) is 5.91 Å². The topological polar surface area (TPSA) is 103 Å². The van der Waals surface area contributed by atoms with Gasteiger partial charge < -0.3 is 30.1 Å². The molecule has 3 rings (SSSR count). The lowest BCUT2D eigenvalue weighted by Crippen LogP contribution is -2.47. The summed E-state index contributed by atoms with van der Waals surface area (Å²) in [6.07, 6.45) is 2.27. The van der Waals surface area contributed by atoms with Crippen molar-refractivity contribution in [3.63, 3.8) is 0 Å². The lowest BCUT2D eigenvalue weighted by molar-refractivity contribution is -0.0177. The van der Waals surface area contributed by atoms with Crippen LogP contribution in [0.4, 0.5) is 10.5 Å². The third kappa shape index (κ3) is 10.8. The van der Waals surface area contributed by atoms with Gasteiger partial charge in [-0.3, -0.25) is 9.69 Å². The third-order valence-electron chi connectivity index (χ3n) is 7.66. The second kappa shape index (κ2) is 17.2. The average molecular weight is 652 g/mol.